The third kappa shape index (κ3) is 4.14. The van der Waals surface area contributed by atoms with Crippen LogP contribution in [0, 0.1) is 10.1 Å². The Balaban J connectivity index is 2.53. The number of ether oxygens (including phenoxy) is 1. The molecule has 1 N–H and O–H groups in total. The average molecular weight is 370 g/mol. The van der Waals surface area contributed by atoms with Gasteiger partial charge in [-0.1, -0.05) is 30.1 Å². The molecule has 24 heavy (non-hydrogen) atoms. The molecule has 0 aliphatic carbocycles. The molecule has 1 heterocycles. The minimum absolute atomic E-state index is 0.0513. The van der Waals surface area contributed by atoms with E-state index in [4.69, 9.17) is 27.9 Å². The molecule has 0 radical (unpaired) electrons. The number of anilines is 1. The number of halogens is 2. The summed E-state index contributed by atoms with van der Waals surface area (Å²) in [5, 5.41) is 15.5. The fraction of sp³-hybridized carbons (Fsp3) is 0.312. The molecule has 6 nitrogen and oxygen atoms in total. The van der Waals surface area contributed by atoms with E-state index in [9.17, 15) is 10.1 Å². The topological polar surface area (TPSA) is 77.3 Å². The van der Waals surface area contributed by atoms with Gasteiger partial charge >= 0.3 is 5.69 Å². The molecule has 1 aromatic carbocycles. The first kappa shape index (κ1) is 18.4. The number of benzene rings is 1. The van der Waals surface area contributed by atoms with Crippen LogP contribution in [0.5, 0.6) is 0 Å². The van der Waals surface area contributed by atoms with Crippen LogP contribution in [0.1, 0.15) is 13.3 Å². The number of aromatic nitrogens is 1. The molecule has 0 aliphatic heterocycles. The van der Waals surface area contributed by atoms with E-state index in [0.717, 1.165) is 6.42 Å². The summed E-state index contributed by atoms with van der Waals surface area (Å²) in [6.45, 7) is 2.41. The maximum atomic E-state index is 11.6. The zero-order valence-corrected chi connectivity index (χ0v) is 14.8. The number of methoxy groups -OCH3 is 1. The van der Waals surface area contributed by atoms with Crippen molar-refractivity contribution in [1.82, 2.24) is 4.98 Å². The lowest BCUT2D eigenvalue weighted by molar-refractivity contribution is -0.383. The Morgan fingerprint density at radius 2 is 2.12 bits per heavy atom. The number of rotatable bonds is 7. The summed E-state index contributed by atoms with van der Waals surface area (Å²) in [5.74, 6) is 0. The fourth-order valence-corrected chi connectivity index (χ4v) is 2.81. The molecule has 1 atom stereocenters. The Labute approximate surface area is 149 Å². The van der Waals surface area contributed by atoms with Gasteiger partial charge in [-0.15, -0.1) is 0 Å². The van der Waals surface area contributed by atoms with Crippen LogP contribution in [0.4, 0.5) is 11.4 Å². The lowest BCUT2D eigenvalue weighted by atomic mass is 10.1. The van der Waals surface area contributed by atoms with Crippen molar-refractivity contribution in [2.24, 2.45) is 0 Å². The molecular weight excluding hydrogens is 353 g/mol. The van der Waals surface area contributed by atoms with E-state index in [1.54, 1.807) is 25.3 Å². The van der Waals surface area contributed by atoms with Crippen molar-refractivity contribution in [2.75, 3.05) is 19.0 Å². The van der Waals surface area contributed by atoms with E-state index >= 15 is 0 Å². The number of pyridine rings is 1. The molecule has 0 bridgehead atoms. The largest absolute Gasteiger partial charge is 0.383 e. The molecule has 128 valence electrons. The van der Waals surface area contributed by atoms with Crippen LogP contribution < -0.4 is 5.32 Å². The lowest BCUT2D eigenvalue weighted by Gasteiger charge is -2.18. The standard InChI is InChI=1S/C16H17Cl2N3O3/c1-3-11(9-24-2)20-14-6-7-19-15(16(14)21(22)23)12-5-4-10(17)8-13(12)18/h4-8,11H,3,9H2,1-2H3,(H,19,20)/t11-/m0/s1. The van der Waals surface area contributed by atoms with Gasteiger partial charge < -0.3 is 10.1 Å². The van der Waals surface area contributed by atoms with Gasteiger partial charge in [0.2, 0.25) is 0 Å². The molecule has 0 aliphatic rings. The minimum Gasteiger partial charge on any atom is -0.383 e. The highest BCUT2D eigenvalue weighted by Crippen LogP contribution is 2.38. The normalized spacial score (nSPS) is 12.0. The zero-order chi connectivity index (χ0) is 17.7. The molecular formula is C16H17Cl2N3O3. The predicted octanol–water partition coefficient (Wildman–Crippen LogP) is 4.80. The van der Waals surface area contributed by atoms with Crippen LogP contribution in [-0.2, 0) is 4.74 Å². The first-order valence-corrected chi connectivity index (χ1v) is 8.07. The highest BCUT2D eigenvalue weighted by molar-refractivity contribution is 6.36. The van der Waals surface area contributed by atoms with Crippen molar-refractivity contribution >= 4 is 34.6 Å². The van der Waals surface area contributed by atoms with Crippen LogP contribution in [0.15, 0.2) is 30.5 Å². The van der Waals surface area contributed by atoms with Gasteiger partial charge in [-0.25, -0.2) is 4.98 Å². The van der Waals surface area contributed by atoms with Crippen molar-refractivity contribution in [2.45, 2.75) is 19.4 Å². The summed E-state index contributed by atoms with van der Waals surface area (Å²) < 4.78 is 5.13. The van der Waals surface area contributed by atoms with Crippen LogP contribution in [0.2, 0.25) is 10.0 Å². The smallest absolute Gasteiger partial charge is 0.318 e. The second kappa shape index (κ2) is 8.28. The Hall–Kier alpha value is -1.89. The zero-order valence-electron chi connectivity index (χ0n) is 13.3. The first-order valence-electron chi connectivity index (χ1n) is 7.32. The van der Waals surface area contributed by atoms with Crippen LogP contribution in [0.3, 0.4) is 0 Å². The van der Waals surface area contributed by atoms with Crippen molar-refractivity contribution in [3.63, 3.8) is 0 Å². The van der Waals surface area contributed by atoms with Gasteiger partial charge in [0.25, 0.3) is 0 Å². The number of nitrogens with one attached hydrogen (secondary N) is 1. The quantitative estimate of drug-likeness (QED) is 0.560. The first-order chi connectivity index (χ1) is 11.5. The van der Waals surface area contributed by atoms with E-state index in [0.29, 0.717) is 27.9 Å². The number of hydrogen-bond acceptors (Lipinski definition) is 5. The number of nitrogens with zero attached hydrogens (tertiary/aromatic N) is 2. The summed E-state index contributed by atoms with van der Waals surface area (Å²) in [4.78, 5) is 15.3. The van der Waals surface area contributed by atoms with Gasteiger partial charge in [0.15, 0.2) is 5.69 Å². The van der Waals surface area contributed by atoms with Crippen molar-refractivity contribution in [3.05, 3.63) is 50.6 Å². The molecule has 0 spiro atoms. The summed E-state index contributed by atoms with van der Waals surface area (Å²) in [6.07, 6.45) is 2.26. The van der Waals surface area contributed by atoms with E-state index in [2.05, 4.69) is 10.3 Å². The molecule has 0 saturated carbocycles. The molecule has 0 amide bonds. The van der Waals surface area contributed by atoms with Crippen LogP contribution >= 0.6 is 23.2 Å². The van der Waals surface area contributed by atoms with Gasteiger partial charge in [-0.05, 0) is 30.7 Å². The number of hydrogen-bond donors (Lipinski definition) is 1. The lowest BCUT2D eigenvalue weighted by Crippen LogP contribution is -2.24. The average Bonchev–Trinajstić information content (AvgIpc) is 2.54. The van der Waals surface area contributed by atoms with Gasteiger partial charge in [0.05, 0.1) is 16.6 Å². The van der Waals surface area contributed by atoms with E-state index in [1.165, 1.54) is 12.3 Å². The van der Waals surface area contributed by atoms with Crippen LogP contribution in [-0.4, -0.2) is 29.7 Å². The van der Waals surface area contributed by atoms with Crippen molar-refractivity contribution in [1.29, 1.82) is 0 Å². The van der Waals surface area contributed by atoms with Crippen molar-refractivity contribution < 1.29 is 9.66 Å². The van der Waals surface area contributed by atoms with Crippen molar-refractivity contribution in [3.8, 4) is 11.3 Å². The van der Waals surface area contributed by atoms with Crippen LogP contribution in [0.25, 0.3) is 11.3 Å². The summed E-state index contributed by atoms with van der Waals surface area (Å²) in [6, 6.07) is 6.29. The second-order valence-corrected chi connectivity index (χ2v) is 5.99. The minimum atomic E-state index is -0.463. The third-order valence-corrected chi connectivity index (χ3v) is 4.06. The second-order valence-electron chi connectivity index (χ2n) is 5.14. The predicted molar refractivity (Wildman–Crippen MR) is 95.9 cm³/mol. The molecule has 2 aromatic rings. The highest BCUT2D eigenvalue weighted by atomic mass is 35.5. The van der Waals surface area contributed by atoms with E-state index < -0.39 is 4.92 Å². The fourth-order valence-electron chi connectivity index (χ4n) is 2.32. The maximum absolute atomic E-state index is 11.6. The highest BCUT2D eigenvalue weighted by Gasteiger charge is 2.25. The van der Waals surface area contributed by atoms with E-state index in [-0.39, 0.29) is 17.4 Å². The summed E-state index contributed by atoms with van der Waals surface area (Å²) >= 11 is 12.1. The Kier molecular flexibility index (Phi) is 6.36. The maximum Gasteiger partial charge on any atom is 0.318 e. The molecule has 2 rings (SSSR count). The molecule has 0 fully saturated rings. The Bertz CT molecular complexity index is 741. The van der Waals surface area contributed by atoms with Gasteiger partial charge in [0, 0.05) is 29.9 Å². The molecule has 0 unspecified atom stereocenters. The molecule has 8 heteroatoms. The van der Waals surface area contributed by atoms with Gasteiger partial charge in [-0.3, -0.25) is 10.1 Å². The number of nitro groups is 1. The Morgan fingerprint density at radius 3 is 2.71 bits per heavy atom. The van der Waals surface area contributed by atoms with E-state index in [1.807, 2.05) is 6.92 Å². The third-order valence-electron chi connectivity index (χ3n) is 3.51. The van der Waals surface area contributed by atoms with Gasteiger partial charge in [0.1, 0.15) is 5.69 Å². The summed E-state index contributed by atoms with van der Waals surface area (Å²) in [5.41, 5.74) is 0.895. The summed E-state index contributed by atoms with van der Waals surface area (Å²) in [7, 11) is 1.59. The SMILES string of the molecule is CC[C@@H](COC)Nc1ccnc(-c2ccc(Cl)cc2Cl)c1[N+](=O)[O-]. The molecule has 1 aromatic heterocycles. The monoisotopic (exact) mass is 369 g/mol. The Morgan fingerprint density at radius 1 is 1.38 bits per heavy atom. The van der Waals surface area contributed by atoms with Gasteiger partial charge in [-0.2, -0.15) is 0 Å². The molecule has 0 saturated heterocycles.